The van der Waals surface area contributed by atoms with Crippen LogP contribution in [0.4, 0.5) is 11.4 Å². The van der Waals surface area contributed by atoms with Gasteiger partial charge in [-0.25, -0.2) is 8.42 Å². The first-order valence-electron chi connectivity index (χ1n) is 8.68. The zero-order valence-corrected chi connectivity index (χ0v) is 17.2. The molecule has 0 aliphatic rings. The second-order valence-electron chi connectivity index (χ2n) is 5.98. The largest absolute Gasteiger partial charge is 0.376 e. The first-order chi connectivity index (χ1) is 12.8. The highest BCUT2D eigenvalue weighted by molar-refractivity contribution is 7.89. The molecule has 0 saturated carbocycles. The molecule has 0 bridgehead atoms. The Balaban J connectivity index is 2.11. The van der Waals surface area contributed by atoms with Gasteiger partial charge in [0.05, 0.1) is 11.4 Å². The maximum absolute atomic E-state index is 12.8. The third kappa shape index (κ3) is 5.45. The van der Waals surface area contributed by atoms with Gasteiger partial charge in [-0.05, 0) is 48.9 Å². The van der Waals surface area contributed by atoms with E-state index in [2.05, 4.69) is 10.6 Å². The van der Waals surface area contributed by atoms with Gasteiger partial charge in [-0.1, -0.05) is 31.5 Å². The third-order valence-electron chi connectivity index (χ3n) is 4.09. The van der Waals surface area contributed by atoms with Gasteiger partial charge < -0.3 is 10.6 Å². The summed E-state index contributed by atoms with van der Waals surface area (Å²) in [4.78, 5) is 12.4. The average Bonchev–Trinajstić information content (AvgIpc) is 2.63. The third-order valence-corrected chi connectivity index (χ3v) is 6.54. The van der Waals surface area contributed by atoms with Gasteiger partial charge >= 0.3 is 0 Å². The van der Waals surface area contributed by atoms with Gasteiger partial charge in [0.25, 0.3) is 0 Å². The van der Waals surface area contributed by atoms with E-state index in [-0.39, 0.29) is 17.3 Å². The molecule has 146 valence electrons. The Labute approximate surface area is 165 Å². The predicted octanol–water partition coefficient (Wildman–Crippen LogP) is 3.73. The maximum Gasteiger partial charge on any atom is 0.243 e. The van der Waals surface area contributed by atoms with E-state index in [4.69, 9.17) is 11.6 Å². The second-order valence-corrected chi connectivity index (χ2v) is 8.32. The van der Waals surface area contributed by atoms with Crippen molar-refractivity contribution in [3.63, 3.8) is 0 Å². The van der Waals surface area contributed by atoms with Crippen molar-refractivity contribution in [3.05, 3.63) is 53.1 Å². The van der Waals surface area contributed by atoms with E-state index in [9.17, 15) is 13.2 Å². The van der Waals surface area contributed by atoms with E-state index in [0.717, 1.165) is 5.69 Å². The molecule has 0 radical (unpaired) electrons. The molecule has 0 fully saturated rings. The summed E-state index contributed by atoms with van der Waals surface area (Å²) in [6, 6.07) is 11.9. The molecule has 2 rings (SSSR count). The lowest BCUT2D eigenvalue weighted by Gasteiger charge is -2.20. The number of sulfonamides is 1. The van der Waals surface area contributed by atoms with Crippen molar-refractivity contribution in [2.45, 2.75) is 25.7 Å². The lowest BCUT2D eigenvalue weighted by molar-refractivity contribution is -0.114. The van der Waals surface area contributed by atoms with Gasteiger partial charge in [0.2, 0.25) is 15.9 Å². The molecular formula is C19H24ClN3O3S. The number of hydrogen-bond acceptors (Lipinski definition) is 4. The van der Waals surface area contributed by atoms with Crippen molar-refractivity contribution < 1.29 is 13.2 Å². The molecule has 0 aromatic heterocycles. The summed E-state index contributed by atoms with van der Waals surface area (Å²) >= 11 is 5.83. The molecule has 0 aliphatic heterocycles. The Bertz CT molecular complexity index is 895. The van der Waals surface area contributed by atoms with E-state index < -0.39 is 10.0 Å². The number of anilines is 2. The van der Waals surface area contributed by atoms with Crippen LogP contribution in [0.25, 0.3) is 0 Å². The lowest BCUT2D eigenvalue weighted by Crippen LogP contribution is -2.31. The van der Waals surface area contributed by atoms with Crippen LogP contribution in [-0.4, -0.2) is 38.3 Å². The Morgan fingerprint density at radius 3 is 2.22 bits per heavy atom. The zero-order chi connectivity index (χ0) is 20.0. The molecule has 27 heavy (non-hydrogen) atoms. The van der Waals surface area contributed by atoms with Crippen LogP contribution >= 0.6 is 11.6 Å². The van der Waals surface area contributed by atoms with Gasteiger partial charge in [-0.3, -0.25) is 4.79 Å². The van der Waals surface area contributed by atoms with E-state index in [0.29, 0.717) is 29.4 Å². The number of aryl methyl sites for hydroxylation is 1. The molecule has 0 unspecified atom stereocenters. The molecular weight excluding hydrogens is 386 g/mol. The van der Waals surface area contributed by atoms with Crippen molar-refractivity contribution in [3.8, 4) is 0 Å². The summed E-state index contributed by atoms with van der Waals surface area (Å²) in [5, 5.41) is 6.33. The molecule has 0 saturated heterocycles. The molecule has 2 aromatic carbocycles. The highest BCUT2D eigenvalue weighted by atomic mass is 35.5. The summed E-state index contributed by atoms with van der Waals surface area (Å²) in [6.07, 6.45) is 0. The number of carbonyl (C=O) groups excluding carboxylic acids is 1. The van der Waals surface area contributed by atoms with Crippen molar-refractivity contribution in [1.29, 1.82) is 0 Å². The molecule has 0 atom stereocenters. The number of amides is 1. The SMILES string of the molecule is CCN(CC)S(=O)(=O)c1cc(NC(=O)CNc2ccc(Cl)cc2)ccc1C. The van der Waals surface area contributed by atoms with Crippen molar-refractivity contribution >= 4 is 38.9 Å². The summed E-state index contributed by atoms with van der Waals surface area (Å²) in [7, 11) is -3.60. The fraction of sp³-hybridized carbons (Fsp3) is 0.316. The minimum absolute atomic E-state index is 0.0492. The maximum atomic E-state index is 12.8. The summed E-state index contributed by atoms with van der Waals surface area (Å²) in [5.74, 6) is -0.278. The summed E-state index contributed by atoms with van der Waals surface area (Å²) < 4.78 is 27.0. The average molecular weight is 410 g/mol. The molecule has 0 spiro atoms. The van der Waals surface area contributed by atoms with Crippen molar-refractivity contribution in [1.82, 2.24) is 4.31 Å². The molecule has 1 amide bonds. The Morgan fingerprint density at radius 2 is 1.63 bits per heavy atom. The van der Waals surface area contributed by atoms with Crippen LogP contribution in [0, 0.1) is 6.92 Å². The van der Waals surface area contributed by atoms with Gasteiger partial charge in [0.1, 0.15) is 0 Å². The van der Waals surface area contributed by atoms with E-state index >= 15 is 0 Å². The number of carbonyl (C=O) groups is 1. The Kier molecular flexibility index (Phi) is 7.24. The van der Waals surface area contributed by atoms with Crippen LogP contribution < -0.4 is 10.6 Å². The first-order valence-corrected chi connectivity index (χ1v) is 10.5. The number of benzene rings is 2. The van der Waals surface area contributed by atoms with Crippen LogP contribution in [0.5, 0.6) is 0 Å². The van der Waals surface area contributed by atoms with Crippen LogP contribution in [-0.2, 0) is 14.8 Å². The minimum Gasteiger partial charge on any atom is -0.376 e. The van der Waals surface area contributed by atoms with Crippen molar-refractivity contribution in [2.75, 3.05) is 30.3 Å². The first kappa shape index (κ1) is 21.2. The fourth-order valence-corrected chi connectivity index (χ4v) is 4.45. The van der Waals surface area contributed by atoms with Gasteiger partial charge in [0.15, 0.2) is 0 Å². The number of rotatable bonds is 8. The smallest absolute Gasteiger partial charge is 0.243 e. The van der Waals surface area contributed by atoms with E-state index in [1.54, 1.807) is 57.2 Å². The Morgan fingerprint density at radius 1 is 1.04 bits per heavy atom. The normalized spacial score (nSPS) is 11.4. The quantitative estimate of drug-likeness (QED) is 0.696. The fourth-order valence-electron chi connectivity index (χ4n) is 2.61. The van der Waals surface area contributed by atoms with Crippen LogP contribution in [0.15, 0.2) is 47.4 Å². The highest BCUT2D eigenvalue weighted by Crippen LogP contribution is 2.23. The van der Waals surface area contributed by atoms with Crippen LogP contribution in [0.2, 0.25) is 5.02 Å². The van der Waals surface area contributed by atoms with Crippen molar-refractivity contribution in [2.24, 2.45) is 0 Å². The highest BCUT2D eigenvalue weighted by Gasteiger charge is 2.24. The number of hydrogen-bond donors (Lipinski definition) is 2. The summed E-state index contributed by atoms with van der Waals surface area (Å²) in [5.41, 5.74) is 1.84. The topological polar surface area (TPSA) is 78.5 Å². The minimum atomic E-state index is -3.60. The number of nitrogens with one attached hydrogen (secondary N) is 2. The lowest BCUT2D eigenvalue weighted by atomic mass is 10.2. The molecule has 2 N–H and O–H groups in total. The standard InChI is InChI=1S/C19H24ClN3O3S/c1-4-23(5-2)27(25,26)18-12-17(9-6-14(18)3)22-19(24)13-21-16-10-7-15(20)8-11-16/h6-12,21H,4-5,13H2,1-3H3,(H,22,24). The monoisotopic (exact) mass is 409 g/mol. The molecule has 0 aliphatic carbocycles. The van der Waals surface area contributed by atoms with Crippen LogP contribution in [0.3, 0.4) is 0 Å². The van der Waals surface area contributed by atoms with E-state index in [1.807, 2.05) is 0 Å². The zero-order valence-electron chi connectivity index (χ0n) is 15.6. The second kappa shape index (κ2) is 9.21. The van der Waals surface area contributed by atoms with Gasteiger partial charge in [0, 0.05) is 29.5 Å². The van der Waals surface area contributed by atoms with Gasteiger partial charge in [-0.2, -0.15) is 4.31 Å². The van der Waals surface area contributed by atoms with E-state index in [1.165, 1.54) is 10.4 Å². The number of nitrogens with zero attached hydrogens (tertiary/aromatic N) is 1. The molecule has 2 aromatic rings. The summed E-state index contributed by atoms with van der Waals surface area (Å²) in [6.45, 7) is 6.16. The molecule has 0 heterocycles. The molecule has 8 heteroatoms. The number of halogens is 1. The molecule has 6 nitrogen and oxygen atoms in total. The van der Waals surface area contributed by atoms with Crippen LogP contribution in [0.1, 0.15) is 19.4 Å². The Hall–Kier alpha value is -2.09. The van der Waals surface area contributed by atoms with Gasteiger partial charge in [-0.15, -0.1) is 0 Å². The predicted molar refractivity (Wildman–Crippen MR) is 110 cm³/mol.